The molecule has 1 N–H and O–H groups in total. The van der Waals surface area contributed by atoms with Crippen LogP contribution >= 0.6 is 0 Å². The monoisotopic (exact) mass is 534 g/mol. The normalized spacial score (nSPS) is 16.6. The zero-order valence-electron chi connectivity index (χ0n) is 22.7. The largest absolute Gasteiger partial charge is 0.417 e. The Morgan fingerprint density at radius 3 is 2.39 bits per heavy atom. The molecule has 3 heterocycles. The quantitative estimate of drug-likeness (QED) is 0.226. The Hall–Kier alpha value is -2.32. The molecule has 38 heavy (non-hydrogen) atoms. The maximum absolute atomic E-state index is 13.9. The van der Waals surface area contributed by atoms with Crippen LogP contribution in [0, 0.1) is 6.92 Å². The number of hydrogen-bond acceptors (Lipinski definition) is 3. The van der Waals surface area contributed by atoms with E-state index in [4.69, 9.17) is 9.47 Å². The van der Waals surface area contributed by atoms with Gasteiger partial charge in [0.2, 0.25) is 5.56 Å². The fourth-order valence-electron chi connectivity index (χ4n) is 5.87. The van der Waals surface area contributed by atoms with Crippen molar-refractivity contribution in [2.75, 3.05) is 13.2 Å². The molecule has 1 aliphatic heterocycles. The third kappa shape index (κ3) is 6.81. The van der Waals surface area contributed by atoms with Crippen molar-refractivity contribution in [3.05, 3.63) is 45.4 Å². The second kappa shape index (κ2) is 13.2. The molecule has 3 aromatic rings. The summed E-state index contributed by atoms with van der Waals surface area (Å²) in [6.07, 6.45) is 8.65. The van der Waals surface area contributed by atoms with Gasteiger partial charge in [-0.25, -0.2) is 0 Å². The minimum Gasteiger partial charge on any atom is -0.353 e. The van der Waals surface area contributed by atoms with E-state index in [9.17, 15) is 18.0 Å². The van der Waals surface area contributed by atoms with Gasteiger partial charge in [-0.2, -0.15) is 13.2 Å². The topological polar surface area (TPSA) is 56.2 Å². The van der Waals surface area contributed by atoms with E-state index in [1.54, 1.807) is 6.07 Å². The number of aryl methyl sites for hydroxylation is 2. The summed E-state index contributed by atoms with van der Waals surface area (Å²) in [6.45, 7) is 6.33. The number of pyridine rings is 1. The van der Waals surface area contributed by atoms with Crippen molar-refractivity contribution < 1.29 is 22.6 Å². The van der Waals surface area contributed by atoms with E-state index >= 15 is 0 Å². The highest BCUT2D eigenvalue weighted by Gasteiger charge is 2.34. The van der Waals surface area contributed by atoms with Crippen LogP contribution in [-0.4, -0.2) is 29.1 Å². The van der Waals surface area contributed by atoms with Crippen LogP contribution in [0.3, 0.4) is 0 Å². The van der Waals surface area contributed by atoms with E-state index in [-0.39, 0.29) is 17.2 Å². The Labute approximate surface area is 222 Å². The number of fused-ring (bicyclic) bond motifs is 3. The first-order chi connectivity index (χ1) is 18.3. The molecule has 0 saturated carbocycles. The standard InChI is InChI=1S/C30H41F3N2O3/c1-3-24-21(2)28-25(16-15-23-29(28)22(30(31,32)33)20-26(36)34-23)35(24)17-11-8-6-4-5-7-9-12-18-37-27-14-10-13-19-38-27/h15-16,20,27H,3-14,17-19H2,1-2H3,(H,34,36). The van der Waals surface area contributed by atoms with Gasteiger partial charge in [0.25, 0.3) is 0 Å². The zero-order valence-corrected chi connectivity index (χ0v) is 22.7. The summed E-state index contributed by atoms with van der Waals surface area (Å²) >= 11 is 0. The van der Waals surface area contributed by atoms with Crippen molar-refractivity contribution in [1.82, 2.24) is 9.55 Å². The van der Waals surface area contributed by atoms with Gasteiger partial charge >= 0.3 is 6.18 Å². The Balaban J connectivity index is 1.29. The van der Waals surface area contributed by atoms with E-state index in [1.807, 2.05) is 19.9 Å². The second-order valence-electron chi connectivity index (χ2n) is 10.5. The lowest BCUT2D eigenvalue weighted by Gasteiger charge is -2.22. The van der Waals surface area contributed by atoms with Crippen molar-refractivity contribution >= 4 is 21.8 Å². The molecule has 5 nitrogen and oxygen atoms in total. The average molecular weight is 535 g/mol. The van der Waals surface area contributed by atoms with Gasteiger partial charge in [0.05, 0.1) is 5.56 Å². The predicted molar refractivity (Wildman–Crippen MR) is 146 cm³/mol. The number of halogens is 3. The van der Waals surface area contributed by atoms with Crippen molar-refractivity contribution in [2.24, 2.45) is 0 Å². The van der Waals surface area contributed by atoms with Gasteiger partial charge in [-0.05, 0) is 63.1 Å². The minimum absolute atomic E-state index is 0.00706. The number of H-pyrrole nitrogens is 1. The highest BCUT2D eigenvalue weighted by molar-refractivity contribution is 6.09. The predicted octanol–water partition coefficient (Wildman–Crippen LogP) is 8.04. The molecule has 8 heteroatoms. The molecule has 0 spiro atoms. The first-order valence-corrected chi connectivity index (χ1v) is 14.3. The smallest absolute Gasteiger partial charge is 0.353 e. The van der Waals surface area contributed by atoms with E-state index < -0.39 is 17.3 Å². The maximum atomic E-state index is 13.9. The molecule has 0 amide bonds. The first kappa shape index (κ1) is 28.7. The van der Waals surface area contributed by atoms with Crippen molar-refractivity contribution in [3.8, 4) is 0 Å². The Morgan fingerprint density at radius 2 is 1.74 bits per heavy atom. The van der Waals surface area contributed by atoms with Crippen LogP contribution in [0.15, 0.2) is 23.0 Å². The van der Waals surface area contributed by atoms with Crippen molar-refractivity contribution in [3.63, 3.8) is 0 Å². The van der Waals surface area contributed by atoms with Crippen LogP contribution < -0.4 is 5.56 Å². The molecule has 1 aromatic carbocycles. The number of hydrogen-bond donors (Lipinski definition) is 1. The number of ether oxygens (including phenoxy) is 2. The molecule has 1 atom stereocenters. The molecular formula is C30H41F3N2O3. The van der Waals surface area contributed by atoms with Gasteiger partial charge in [0.15, 0.2) is 6.29 Å². The summed E-state index contributed by atoms with van der Waals surface area (Å²) in [5.41, 5.74) is 1.37. The first-order valence-electron chi connectivity index (χ1n) is 14.3. The van der Waals surface area contributed by atoms with E-state index in [0.29, 0.717) is 11.5 Å². The van der Waals surface area contributed by atoms with Crippen LogP contribution in [0.1, 0.15) is 94.4 Å². The van der Waals surface area contributed by atoms with E-state index in [2.05, 4.69) is 9.55 Å². The molecule has 1 saturated heterocycles. The van der Waals surface area contributed by atoms with Gasteiger partial charge < -0.3 is 19.0 Å². The van der Waals surface area contributed by atoms with Crippen molar-refractivity contribution in [1.29, 1.82) is 0 Å². The van der Waals surface area contributed by atoms with Gasteiger partial charge in [-0.1, -0.05) is 45.4 Å². The van der Waals surface area contributed by atoms with Gasteiger partial charge in [-0.15, -0.1) is 0 Å². The molecule has 2 aromatic heterocycles. The minimum atomic E-state index is -4.60. The molecule has 0 aliphatic carbocycles. The fraction of sp³-hybridized carbons (Fsp3) is 0.633. The lowest BCUT2D eigenvalue weighted by atomic mass is 10.0. The second-order valence-corrected chi connectivity index (χ2v) is 10.5. The highest BCUT2D eigenvalue weighted by Crippen LogP contribution is 2.39. The molecule has 1 fully saturated rings. The number of unbranched alkanes of at least 4 members (excludes halogenated alkanes) is 7. The lowest BCUT2D eigenvalue weighted by Crippen LogP contribution is -2.22. The molecule has 1 unspecified atom stereocenters. The molecule has 1 aliphatic rings. The highest BCUT2D eigenvalue weighted by atomic mass is 19.4. The van der Waals surface area contributed by atoms with Gasteiger partial charge in [0.1, 0.15) is 0 Å². The number of nitrogens with one attached hydrogen (secondary N) is 1. The third-order valence-corrected chi connectivity index (χ3v) is 7.77. The third-order valence-electron chi connectivity index (χ3n) is 7.77. The molecule has 0 bridgehead atoms. The summed E-state index contributed by atoms with van der Waals surface area (Å²) in [7, 11) is 0. The summed E-state index contributed by atoms with van der Waals surface area (Å²) in [6, 6.07) is 4.14. The summed E-state index contributed by atoms with van der Waals surface area (Å²) in [5.74, 6) is 0. The Kier molecular flexibility index (Phi) is 9.93. The van der Waals surface area contributed by atoms with Crippen LogP contribution in [-0.2, 0) is 28.6 Å². The van der Waals surface area contributed by atoms with Crippen LogP contribution in [0.4, 0.5) is 13.2 Å². The van der Waals surface area contributed by atoms with Crippen LogP contribution in [0.5, 0.6) is 0 Å². The molecule has 210 valence electrons. The van der Waals surface area contributed by atoms with Crippen LogP contribution in [0.25, 0.3) is 21.8 Å². The Morgan fingerprint density at radius 1 is 1.03 bits per heavy atom. The number of aromatic nitrogens is 2. The molecule has 4 rings (SSSR count). The number of alkyl halides is 3. The van der Waals surface area contributed by atoms with Gasteiger partial charge in [0, 0.05) is 53.3 Å². The number of rotatable bonds is 13. The molecule has 0 radical (unpaired) electrons. The zero-order chi connectivity index (χ0) is 27.1. The lowest BCUT2D eigenvalue weighted by molar-refractivity contribution is -0.162. The molecular weight excluding hydrogens is 493 g/mol. The van der Waals surface area contributed by atoms with Gasteiger partial charge in [-0.3, -0.25) is 4.79 Å². The maximum Gasteiger partial charge on any atom is 0.417 e. The fourth-order valence-corrected chi connectivity index (χ4v) is 5.87. The van der Waals surface area contributed by atoms with E-state index in [0.717, 1.165) is 81.5 Å². The number of nitrogens with zero attached hydrogens (tertiary/aromatic N) is 1. The average Bonchev–Trinajstić information content (AvgIpc) is 3.17. The van der Waals surface area contributed by atoms with Crippen LogP contribution in [0.2, 0.25) is 0 Å². The SMILES string of the molecule is CCc1c(C)c2c3c(C(F)(F)F)cc(=O)[nH]c3ccc2n1CCCCCCCCCCOC1CCCCO1. The summed E-state index contributed by atoms with van der Waals surface area (Å²) in [4.78, 5) is 14.5. The summed E-state index contributed by atoms with van der Waals surface area (Å²) < 4.78 is 55.2. The number of aromatic amines is 1. The van der Waals surface area contributed by atoms with Crippen molar-refractivity contribution in [2.45, 2.75) is 110 Å². The summed E-state index contributed by atoms with van der Waals surface area (Å²) in [5, 5.41) is 0.694. The van der Waals surface area contributed by atoms with E-state index in [1.165, 1.54) is 32.1 Å². The number of benzene rings is 1. The Bertz CT molecular complexity index is 1260.